The Hall–Kier alpha value is 6.91. The van der Waals surface area contributed by atoms with Gasteiger partial charge >= 0.3 is 272 Å². The Morgan fingerprint density at radius 1 is 0.600 bits per heavy atom. The predicted molar refractivity (Wildman–Crippen MR) is 48.6 cm³/mol. The molecular weight excluding hydrogens is 1350 g/mol. The molecule has 0 aliphatic carbocycles. The quantitative estimate of drug-likeness (QED) is 0.253. The molecule has 0 aliphatic rings. The molecule has 0 aromatic carbocycles. The van der Waals surface area contributed by atoms with Gasteiger partial charge in [0.05, 0.1) is 0 Å². The van der Waals surface area contributed by atoms with E-state index in [0.717, 1.165) is 0 Å². The molecule has 0 fully saturated rings. The molecule has 0 aliphatic heterocycles. The molecular formula is Bi4CaCu2O11Sr2. The van der Waals surface area contributed by atoms with Crippen LogP contribution in [-0.2, 0) is 55.0 Å². The fourth-order valence-electron chi connectivity index (χ4n) is 0.0272. The molecule has 0 saturated heterocycles. The van der Waals surface area contributed by atoms with E-state index in [-0.39, 0.29) is 123 Å². The normalized spacial score (nSPS) is 4.70. The van der Waals surface area contributed by atoms with Crippen LogP contribution < -0.4 is 0 Å². The maximum atomic E-state index is 9.33. The molecule has 20 heteroatoms. The van der Waals surface area contributed by atoms with Crippen molar-refractivity contribution in [2.24, 2.45) is 0 Å². The van der Waals surface area contributed by atoms with Gasteiger partial charge < -0.3 is 0 Å². The Bertz CT molecular complexity index is 152. The van der Waals surface area contributed by atoms with Crippen molar-refractivity contribution in [3.8, 4) is 0 Å². The summed E-state index contributed by atoms with van der Waals surface area (Å²) in [7, 11) is 0. The molecule has 20 heavy (non-hydrogen) atoms. The topological polar surface area (TPSA) is 172 Å². The van der Waals surface area contributed by atoms with Crippen LogP contribution in [0.15, 0.2) is 0 Å². The van der Waals surface area contributed by atoms with E-state index < -0.39 is 94.7 Å². The van der Waals surface area contributed by atoms with Gasteiger partial charge in [-0.05, 0) is 0 Å². The monoisotopic (exact) mass is 1350 g/mol. The SMILES string of the molecule is [O]=[Bi][O][Bi]=[O].[O]=[Bi][O][Bi]=[O].[O]=[Ca].[O]=[Cu].[O]=[Cu].[O]=[Sr].[O]=[Sr]. The molecule has 0 bridgehead atoms. The van der Waals surface area contributed by atoms with E-state index in [4.69, 9.17) is 10.0 Å². The van der Waals surface area contributed by atoms with Gasteiger partial charge in [0.15, 0.2) is 0 Å². The second kappa shape index (κ2) is 96.5. The minimum atomic E-state index is -1.85. The molecule has 11 nitrogen and oxygen atoms in total. The van der Waals surface area contributed by atoms with Gasteiger partial charge in [0, 0.05) is 0 Å². The third-order valence-corrected chi connectivity index (χ3v) is 10.3. The van der Waals surface area contributed by atoms with Gasteiger partial charge in [-0.3, -0.25) is 0 Å². The molecule has 0 aromatic heterocycles. The fourth-order valence-corrected chi connectivity index (χ4v) is 2.10. The molecule has 0 saturated carbocycles. The zero-order valence-corrected chi connectivity index (χ0v) is 34.0. The Labute approximate surface area is 263 Å². The zero-order chi connectivity index (χ0) is 18.2. The third kappa shape index (κ3) is 120. The van der Waals surface area contributed by atoms with Crippen molar-refractivity contribution in [2.45, 2.75) is 0 Å². The summed E-state index contributed by atoms with van der Waals surface area (Å²) in [6.07, 6.45) is 0. The average molecular weight is 1350 g/mol. The standard InChI is InChI=1S/4Bi.Ca.2Cu.11O.2Sr. The van der Waals surface area contributed by atoms with Crippen molar-refractivity contribution in [2.75, 3.05) is 0 Å². The van der Waals surface area contributed by atoms with Crippen LogP contribution in [0.25, 0.3) is 0 Å². The Morgan fingerprint density at radius 3 is 0.700 bits per heavy atom. The summed E-state index contributed by atoms with van der Waals surface area (Å²) in [4.78, 5) is 0. The fraction of sp³-hybridized carbons (Fsp3) is 0. The Morgan fingerprint density at radius 2 is 0.700 bits per heavy atom. The molecule has 0 N–H and O–H groups in total. The molecule has 0 spiro atoms. The van der Waals surface area contributed by atoms with Crippen LogP contribution in [0.1, 0.15) is 0 Å². The minimum absolute atomic E-state index is 0.1000. The van der Waals surface area contributed by atoms with Crippen molar-refractivity contribution in [1.82, 2.24) is 0 Å². The average Bonchev–Trinajstić information content (AvgIpc) is 2.59. The summed E-state index contributed by atoms with van der Waals surface area (Å²) >= 11 is -1.59. The summed E-state index contributed by atoms with van der Waals surface area (Å²) in [5.74, 6) is 0. The van der Waals surface area contributed by atoms with Crippen molar-refractivity contribution < 1.29 is 55.0 Å². The first-order valence-corrected chi connectivity index (χ1v) is 18.4. The van der Waals surface area contributed by atoms with Gasteiger partial charge in [-0.2, -0.15) is 0 Å². The van der Waals surface area contributed by atoms with Crippen LogP contribution >= 0.6 is 0 Å². The van der Waals surface area contributed by atoms with E-state index in [1.54, 1.807) is 0 Å². The van der Waals surface area contributed by atoms with E-state index in [9.17, 15) is 11.3 Å². The molecule has 0 rings (SSSR count). The number of hydrogen-bond donors (Lipinski definition) is 0. The molecule has 0 heterocycles. The summed E-state index contributed by atoms with van der Waals surface area (Å²) < 4.78 is 86.3. The van der Waals surface area contributed by atoms with Crippen LogP contribution in [0.3, 0.4) is 0 Å². The first kappa shape index (κ1) is 45.6. The van der Waals surface area contributed by atoms with Crippen molar-refractivity contribution in [1.29, 1.82) is 0 Å². The second-order valence-electron chi connectivity index (χ2n) is 0.461. The number of hydrogen-bond acceptors (Lipinski definition) is 11. The van der Waals surface area contributed by atoms with Gasteiger partial charge in [0.1, 0.15) is 0 Å². The van der Waals surface area contributed by atoms with Crippen LogP contribution in [0.4, 0.5) is 0 Å². The molecule has 0 unspecified atom stereocenters. The molecule has 114 valence electrons. The van der Waals surface area contributed by atoms with Crippen LogP contribution in [-0.4, -0.2) is 217 Å². The van der Waals surface area contributed by atoms with Gasteiger partial charge in [-0.1, -0.05) is 0 Å². The van der Waals surface area contributed by atoms with Crippen molar-refractivity contribution >= 4 is 217 Å². The van der Waals surface area contributed by atoms with Gasteiger partial charge in [0.2, 0.25) is 0 Å². The third-order valence-electron chi connectivity index (χ3n) is 0.133. The summed E-state index contributed by atoms with van der Waals surface area (Å²) in [6.45, 7) is 0. The summed E-state index contributed by atoms with van der Waals surface area (Å²) in [5, 5.41) is 0. The van der Waals surface area contributed by atoms with E-state index in [1.165, 1.54) is 0 Å². The van der Waals surface area contributed by atoms with Crippen LogP contribution in [0.5, 0.6) is 0 Å². The summed E-state index contributed by atoms with van der Waals surface area (Å²) in [5.41, 5.74) is 0. The van der Waals surface area contributed by atoms with Gasteiger partial charge in [0.25, 0.3) is 0 Å². The van der Waals surface area contributed by atoms with E-state index in [0.29, 0.717) is 0 Å². The Balaban J connectivity index is -0.0000000211. The summed E-state index contributed by atoms with van der Waals surface area (Å²) in [6, 6.07) is 0. The van der Waals surface area contributed by atoms with E-state index in [2.05, 4.69) is 33.7 Å². The van der Waals surface area contributed by atoms with Crippen molar-refractivity contribution in [3.63, 3.8) is 0 Å². The van der Waals surface area contributed by atoms with Crippen LogP contribution in [0.2, 0.25) is 0 Å². The van der Waals surface area contributed by atoms with E-state index >= 15 is 0 Å². The molecule has 0 aromatic rings. The molecule has 0 radical (unpaired) electrons. The zero-order valence-electron chi connectivity index (χ0n) is 9.00. The maximum absolute atomic E-state index is 9.33. The molecule has 0 amide bonds. The van der Waals surface area contributed by atoms with Crippen molar-refractivity contribution in [3.05, 3.63) is 0 Å². The first-order valence-electron chi connectivity index (χ1n) is 2.57. The van der Waals surface area contributed by atoms with E-state index in [1.807, 2.05) is 0 Å². The van der Waals surface area contributed by atoms with Gasteiger partial charge in [-0.15, -0.1) is 0 Å². The molecule has 0 atom stereocenters. The Kier molecular flexibility index (Phi) is 220. The predicted octanol–water partition coefficient (Wildman–Crippen LogP) is -3.88. The number of rotatable bonds is 4. The van der Waals surface area contributed by atoms with Crippen LogP contribution in [0, 0.1) is 0 Å². The second-order valence-corrected chi connectivity index (χ2v) is 15.2. The van der Waals surface area contributed by atoms with Gasteiger partial charge in [-0.25, -0.2) is 0 Å². The first-order chi connectivity index (χ1) is 9.83.